The molecule has 0 aromatic heterocycles. The third kappa shape index (κ3) is 3.96. The van der Waals surface area contributed by atoms with Gasteiger partial charge in [-0.15, -0.1) is 0 Å². The lowest BCUT2D eigenvalue weighted by Gasteiger charge is -2.34. The minimum atomic E-state index is 0.0455. The summed E-state index contributed by atoms with van der Waals surface area (Å²) in [6.45, 7) is 4.15. The van der Waals surface area contributed by atoms with Crippen molar-refractivity contribution in [2.24, 2.45) is 0 Å². The molecule has 20 heavy (non-hydrogen) atoms. The third-order valence-electron chi connectivity index (χ3n) is 3.49. The Morgan fingerprint density at radius 3 is 2.70 bits per heavy atom. The molecular weight excluding hydrogens is 274 g/mol. The number of hydrogen-bond acceptors (Lipinski definition) is 3. The minimum absolute atomic E-state index is 0.0455. The van der Waals surface area contributed by atoms with Crippen LogP contribution in [-0.4, -0.2) is 48.4 Å². The Bertz CT molecular complexity index is 504. The van der Waals surface area contributed by atoms with E-state index in [-0.39, 0.29) is 5.91 Å². The second-order valence-corrected chi connectivity index (χ2v) is 5.34. The average Bonchev–Trinajstić information content (AvgIpc) is 2.47. The molecule has 106 valence electrons. The fourth-order valence-corrected chi connectivity index (χ4v) is 2.55. The number of rotatable bonds is 4. The number of unbranched alkanes of at least 4 members (excludes halogenated alkanes) is 1. The molecule has 1 aromatic carbocycles. The first-order valence-corrected chi connectivity index (χ1v) is 7.22. The summed E-state index contributed by atoms with van der Waals surface area (Å²) in [5.41, 5.74) is 0.649. The lowest BCUT2D eigenvalue weighted by molar-refractivity contribution is 0.0636. The Morgan fingerprint density at radius 1 is 1.30 bits per heavy atom. The largest absolute Gasteiger partial charge is 0.336 e. The first-order chi connectivity index (χ1) is 9.70. The highest BCUT2D eigenvalue weighted by Gasteiger charge is 2.21. The quantitative estimate of drug-likeness (QED) is 0.800. The summed E-state index contributed by atoms with van der Waals surface area (Å²) in [4.78, 5) is 16.5. The Labute approximate surface area is 124 Å². The fraction of sp³-hybridized carbons (Fsp3) is 0.467. The zero-order chi connectivity index (χ0) is 14.4. The van der Waals surface area contributed by atoms with E-state index in [2.05, 4.69) is 11.0 Å². The monoisotopic (exact) mass is 291 g/mol. The topological polar surface area (TPSA) is 47.3 Å². The Balaban J connectivity index is 1.84. The van der Waals surface area contributed by atoms with Crippen molar-refractivity contribution in [1.29, 1.82) is 5.26 Å². The second kappa shape index (κ2) is 7.28. The number of nitrogens with zero attached hydrogens (tertiary/aromatic N) is 3. The number of carbonyl (C=O) groups is 1. The first kappa shape index (κ1) is 14.8. The van der Waals surface area contributed by atoms with Crippen molar-refractivity contribution in [3.05, 3.63) is 34.9 Å². The molecule has 0 radical (unpaired) electrons. The highest BCUT2D eigenvalue weighted by Crippen LogP contribution is 2.14. The molecule has 0 N–H and O–H groups in total. The van der Waals surface area contributed by atoms with E-state index in [4.69, 9.17) is 16.9 Å². The normalized spacial score (nSPS) is 15.9. The standard InChI is InChI=1S/C15H18ClN3O/c16-14-5-3-4-13(12-14)15(20)19-10-8-18(9-11-19)7-2-1-6-17/h3-5,12H,1-2,7-11H2. The summed E-state index contributed by atoms with van der Waals surface area (Å²) in [5.74, 6) is 0.0455. The number of nitriles is 1. The van der Waals surface area contributed by atoms with Crippen LogP contribution in [0.25, 0.3) is 0 Å². The second-order valence-electron chi connectivity index (χ2n) is 4.91. The number of benzene rings is 1. The van der Waals surface area contributed by atoms with Gasteiger partial charge in [-0.05, 0) is 31.2 Å². The molecule has 0 spiro atoms. The van der Waals surface area contributed by atoms with Crippen LogP contribution in [-0.2, 0) is 0 Å². The number of hydrogen-bond donors (Lipinski definition) is 0. The summed E-state index contributed by atoms with van der Waals surface area (Å²) in [7, 11) is 0. The van der Waals surface area contributed by atoms with Gasteiger partial charge < -0.3 is 4.90 Å². The van der Waals surface area contributed by atoms with E-state index < -0.39 is 0 Å². The van der Waals surface area contributed by atoms with E-state index >= 15 is 0 Å². The predicted molar refractivity (Wildman–Crippen MR) is 78.6 cm³/mol. The van der Waals surface area contributed by atoms with Gasteiger partial charge in [-0.25, -0.2) is 0 Å². The van der Waals surface area contributed by atoms with Crippen LogP contribution in [0.3, 0.4) is 0 Å². The van der Waals surface area contributed by atoms with Crippen molar-refractivity contribution < 1.29 is 4.79 Å². The van der Waals surface area contributed by atoms with Crippen LogP contribution in [0.5, 0.6) is 0 Å². The first-order valence-electron chi connectivity index (χ1n) is 6.85. The molecule has 0 aliphatic carbocycles. The molecule has 4 nitrogen and oxygen atoms in total. The predicted octanol–water partition coefficient (Wildman–Crippen LogP) is 2.40. The van der Waals surface area contributed by atoms with Crippen LogP contribution < -0.4 is 0 Å². The average molecular weight is 292 g/mol. The Hall–Kier alpha value is -1.57. The molecule has 1 amide bonds. The summed E-state index contributed by atoms with van der Waals surface area (Å²) in [5, 5.41) is 9.12. The molecule has 1 heterocycles. The maximum atomic E-state index is 12.3. The summed E-state index contributed by atoms with van der Waals surface area (Å²) >= 11 is 5.92. The molecule has 0 saturated carbocycles. The van der Waals surface area contributed by atoms with E-state index in [0.717, 1.165) is 39.1 Å². The maximum absolute atomic E-state index is 12.3. The number of amides is 1. The SMILES string of the molecule is N#CCCCN1CCN(C(=O)c2cccc(Cl)c2)CC1. The van der Waals surface area contributed by atoms with Gasteiger partial charge in [-0.2, -0.15) is 5.26 Å². The molecule has 1 aliphatic heterocycles. The molecule has 5 heteroatoms. The molecule has 1 fully saturated rings. The summed E-state index contributed by atoms with van der Waals surface area (Å²) < 4.78 is 0. The van der Waals surface area contributed by atoms with Crippen molar-refractivity contribution in [1.82, 2.24) is 9.80 Å². The molecular formula is C15H18ClN3O. The Morgan fingerprint density at radius 2 is 2.05 bits per heavy atom. The molecule has 1 aliphatic rings. The minimum Gasteiger partial charge on any atom is -0.336 e. The van der Waals surface area contributed by atoms with Crippen LogP contribution in [0.1, 0.15) is 23.2 Å². The van der Waals surface area contributed by atoms with Gasteiger partial charge in [0.2, 0.25) is 0 Å². The van der Waals surface area contributed by atoms with Crippen molar-refractivity contribution in [2.75, 3.05) is 32.7 Å². The zero-order valence-corrected chi connectivity index (χ0v) is 12.1. The summed E-state index contributed by atoms with van der Waals surface area (Å²) in [6.07, 6.45) is 1.50. The van der Waals surface area contributed by atoms with E-state index in [9.17, 15) is 4.79 Å². The van der Waals surface area contributed by atoms with Gasteiger partial charge in [0.25, 0.3) is 5.91 Å². The van der Waals surface area contributed by atoms with Gasteiger partial charge in [-0.3, -0.25) is 9.69 Å². The van der Waals surface area contributed by atoms with E-state index in [1.54, 1.807) is 24.3 Å². The van der Waals surface area contributed by atoms with Gasteiger partial charge in [0, 0.05) is 43.2 Å². The van der Waals surface area contributed by atoms with Crippen molar-refractivity contribution in [3.63, 3.8) is 0 Å². The van der Waals surface area contributed by atoms with Gasteiger partial charge in [0.05, 0.1) is 6.07 Å². The van der Waals surface area contributed by atoms with E-state index in [1.807, 2.05) is 4.90 Å². The van der Waals surface area contributed by atoms with Crippen LogP contribution in [0, 0.1) is 11.3 Å². The molecule has 0 unspecified atom stereocenters. The van der Waals surface area contributed by atoms with Crippen LogP contribution in [0.15, 0.2) is 24.3 Å². The highest BCUT2D eigenvalue weighted by atomic mass is 35.5. The van der Waals surface area contributed by atoms with Gasteiger partial charge in [0.15, 0.2) is 0 Å². The van der Waals surface area contributed by atoms with E-state index in [1.165, 1.54) is 0 Å². The number of carbonyl (C=O) groups excluding carboxylic acids is 1. The van der Waals surface area contributed by atoms with Gasteiger partial charge in [0.1, 0.15) is 0 Å². The lowest BCUT2D eigenvalue weighted by Crippen LogP contribution is -2.48. The van der Waals surface area contributed by atoms with E-state index in [0.29, 0.717) is 17.0 Å². The zero-order valence-electron chi connectivity index (χ0n) is 11.4. The van der Waals surface area contributed by atoms with Gasteiger partial charge >= 0.3 is 0 Å². The molecule has 2 rings (SSSR count). The molecule has 1 aromatic rings. The molecule has 1 saturated heterocycles. The third-order valence-corrected chi connectivity index (χ3v) is 3.73. The van der Waals surface area contributed by atoms with Crippen molar-refractivity contribution in [2.45, 2.75) is 12.8 Å². The number of halogens is 1. The van der Waals surface area contributed by atoms with Crippen LogP contribution in [0.4, 0.5) is 0 Å². The van der Waals surface area contributed by atoms with Crippen molar-refractivity contribution >= 4 is 17.5 Å². The summed E-state index contributed by atoms with van der Waals surface area (Å²) in [6, 6.07) is 9.24. The smallest absolute Gasteiger partial charge is 0.253 e. The molecule has 0 atom stereocenters. The fourth-order valence-electron chi connectivity index (χ4n) is 2.36. The van der Waals surface area contributed by atoms with Crippen molar-refractivity contribution in [3.8, 4) is 6.07 Å². The van der Waals surface area contributed by atoms with Crippen LogP contribution >= 0.6 is 11.6 Å². The Kier molecular flexibility index (Phi) is 5.40. The molecule has 0 bridgehead atoms. The maximum Gasteiger partial charge on any atom is 0.253 e. The van der Waals surface area contributed by atoms with Crippen LogP contribution in [0.2, 0.25) is 5.02 Å². The highest BCUT2D eigenvalue weighted by molar-refractivity contribution is 6.30. The number of piperazine rings is 1. The van der Waals surface area contributed by atoms with Gasteiger partial charge in [-0.1, -0.05) is 17.7 Å². The lowest BCUT2D eigenvalue weighted by atomic mass is 10.2.